The van der Waals surface area contributed by atoms with Gasteiger partial charge in [0.05, 0.1) is 10.5 Å². The van der Waals surface area contributed by atoms with Gasteiger partial charge < -0.3 is 5.32 Å². The van der Waals surface area contributed by atoms with Gasteiger partial charge in [-0.25, -0.2) is 8.42 Å². The Bertz CT molecular complexity index is 346. The van der Waals surface area contributed by atoms with Gasteiger partial charge in [-0.2, -0.15) is 11.8 Å². The van der Waals surface area contributed by atoms with Gasteiger partial charge in [0.2, 0.25) is 0 Å². The predicted octanol–water partition coefficient (Wildman–Crippen LogP) is 2.46. The van der Waals surface area contributed by atoms with Crippen LogP contribution >= 0.6 is 11.8 Å². The van der Waals surface area contributed by atoms with Crippen molar-refractivity contribution in [3.8, 4) is 0 Å². The Labute approximate surface area is 116 Å². The Morgan fingerprint density at radius 1 is 1.28 bits per heavy atom. The van der Waals surface area contributed by atoms with E-state index >= 15 is 0 Å². The van der Waals surface area contributed by atoms with Crippen LogP contribution in [0.2, 0.25) is 0 Å². The fourth-order valence-corrected chi connectivity index (χ4v) is 4.36. The Morgan fingerprint density at radius 3 is 2.50 bits per heavy atom. The normalized spacial score (nSPS) is 25.6. The number of thioether (sulfide) groups is 1. The molecule has 0 spiro atoms. The fraction of sp³-hybridized carbons (Fsp3) is 1.00. The van der Waals surface area contributed by atoms with Crippen molar-refractivity contribution in [3.63, 3.8) is 0 Å². The summed E-state index contributed by atoms with van der Waals surface area (Å²) >= 11 is 2.03. The molecule has 2 atom stereocenters. The monoisotopic (exact) mass is 293 g/mol. The van der Waals surface area contributed by atoms with Crippen molar-refractivity contribution in [1.82, 2.24) is 5.32 Å². The maximum atomic E-state index is 11.9. The van der Waals surface area contributed by atoms with E-state index in [-0.39, 0.29) is 5.75 Å². The molecule has 0 aromatic carbocycles. The average molecular weight is 293 g/mol. The van der Waals surface area contributed by atoms with Gasteiger partial charge in [-0.05, 0) is 45.8 Å². The summed E-state index contributed by atoms with van der Waals surface area (Å²) in [7, 11) is -2.98. The molecule has 0 saturated heterocycles. The van der Waals surface area contributed by atoms with Crippen LogP contribution in [0.3, 0.4) is 0 Å². The maximum absolute atomic E-state index is 11.9. The van der Waals surface area contributed by atoms with E-state index in [1.165, 1.54) is 25.0 Å². The summed E-state index contributed by atoms with van der Waals surface area (Å²) < 4.78 is 23.3. The maximum Gasteiger partial charge on any atom is 0.156 e. The smallest absolute Gasteiger partial charge is 0.156 e. The zero-order valence-electron chi connectivity index (χ0n) is 12.0. The van der Waals surface area contributed by atoms with Crippen molar-refractivity contribution in [2.45, 2.75) is 63.0 Å². The lowest BCUT2D eigenvalue weighted by Gasteiger charge is -2.20. The fourth-order valence-electron chi connectivity index (χ4n) is 2.22. The Balaban J connectivity index is 2.28. The van der Waals surface area contributed by atoms with Crippen molar-refractivity contribution in [2.75, 3.05) is 18.1 Å². The van der Waals surface area contributed by atoms with Crippen LogP contribution < -0.4 is 5.32 Å². The van der Waals surface area contributed by atoms with Crippen LogP contribution in [0.5, 0.6) is 0 Å². The highest BCUT2D eigenvalue weighted by atomic mass is 32.2. The molecule has 0 amide bonds. The van der Waals surface area contributed by atoms with Crippen molar-refractivity contribution in [1.29, 1.82) is 0 Å². The van der Waals surface area contributed by atoms with E-state index in [2.05, 4.69) is 12.2 Å². The quantitative estimate of drug-likeness (QED) is 0.817. The minimum absolute atomic E-state index is 0.249. The lowest BCUT2D eigenvalue weighted by molar-refractivity contribution is 0.527. The summed E-state index contributed by atoms with van der Waals surface area (Å²) in [6.07, 6.45) is 3.64. The molecule has 1 N–H and O–H groups in total. The van der Waals surface area contributed by atoms with E-state index in [0.717, 1.165) is 5.25 Å². The number of hydrogen-bond acceptors (Lipinski definition) is 4. The third-order valence-corrected chi connectivity index (χ3v) is 7.36. The molecule has 2 unspecified atom stereocenters. The van der Waals surface area contributed by atoms with E-state index in [1.807, 2.05) is 11.8 Å². The van der Waals surface area contributed by atoms with Gasteiger partial charge in [-0.3, -0.25) is 0 Å². The average Bonchev–Trinajstić information content (AvgIpc) is 2.64. The Kier molecular flexibility index (Phi) is 6.00. The molecule has 0 bridgehead atoms. The molecule has 18 heavy (non-hydrogen) atoms. The lowest BCUT2D eigenvalue weighted by Crippen LogP contribution is -2.37. The number of nitrogens with one attached hydrogen (secondary N) is 1. The molecular formula is C13H27NO2S2. The van der Waals surface area contributed by atoms with E-state index in [4.69, 9.17) is 0 Å². The summed E-state index contributed by atoms with van der Waals surface area (Å²) in [6, 6.07) is 0.518. The summed E-state index contributed by atoms with van der Waals surface area (Å²) in [5, 5.41) is 4.18. The standard InChI is InChI=1S/C13H27NO2S2/c1-5-17-12-7-6-11(10-12)14-8-9-18(15,16)13(2,3)4/h11-12,14H,5-10H2,1-4H3. The van der Waals surface area contributed by atoms with Gasteiger partial charge in [0.15, 0.2) is 9.84 Å². The topological polar surface area (TPSA) is 46.2 Å². The first-order valence-electron chi connectivity index (χ1n) is 6.83. The first-order valence-corrected chi connectivity index (χ1v) is 9.53. The summed E-state index contributed by atoms with van der Waals surface area (Å²) in [6.45, 7) is 8.10. The van der Waals surface area contributed by atoms with Crippen LogP contribution in [-0.4, -0.2) is 42.5 Å². The molecule has 0 aromatic rings. The van der Waals surface area contributed by atoms with Crippen molar-refractivity contribution < 1.29 is 8.42 Å². The number of hydrogen-bond donors (Lipinski definition) is 1. The van der Waals surface area contributed by atoms with Crippen molar-refractivity contribution >= 4 is 21.6 Å². The molecule has 0 aromatic heterocycles. The summed E-state index contributed by atoms with van der Waals surface area (Å²) in [5.74, 6) is 1.42. The molecule has 1 rings (SSSR count). The van der Waals surface area contributed by atoms with E-state index < -0.39 is 14.6 Å². The second kappa shape index (κ2) is 6.62. The zero-order chi connectivity index (χ0) is 13.8. The highest BCUT2D eigenvalue weighted by molar-refractivity contribution is 7.99. The van der Waals surface area contributed by atoms with Gasteiger partial charge in [-0.1, -0.05) is 6.92 Å². The largest absolute Gasteiger partial charge is 0.313 e. The van der Waals surface area contributed by atoms with Crippen LogP contribution in [-0.2, 0) is 9.84 Å². The van der Waals surface area contributed by atoms with Crippen LogP contribution in [0.1, 0.15) is 47.0 Å². The number of sulfone groups is 1. The third-order valence-electron chi connectivity index (χ3n) is 3.52. The Hall–Kier alpha value is 0.260. The second-order valence-corrected chi connectivity index (χ2v) is 10.4. The van der Waals surface area contributed by atoms with Crippen molar-refractivity contribution in [2.24, 2.45) is 0 Å². The third kappa shape index (κ3) is 4.74. The molecule has 1 aliphatic rings. The molecule has 0 radical (unpaired) electrons. The SMILES string of the molecule is CCSC1CCC(NCCS(=O)(=O)C(C)(C)C)C1. The first kappa shape index (κ1) is 16.3. The second-order valence-electron chi connectivity index (χ2n) is 5.97. The van der Waals surface area contributed by atoms with Crippen molar-refractivity contribution in [3.05, 3.63) is 0 Å². The number of rotatable bonds is 6. The highest BCUT2D eigenvalue weighted by Crippen LogP contribution is 2.29. The minimum atomic E-state index is -2.98. The van der Waals surface area contributed by atoms with Gasteiger partial charge in [0.1, 0.15) is 0 Å². The lowest BCUT2D eigenvalue weighted by atomic mass is 10.2. The van der Waals surface area contributed by atoms with Gasteiger partial charge in [0, 0.05) is 17.8 Å². The summed E-state index contributed by atoms with van der Waals surface area (Å²) in [4.78, 5) is 0. The molecular weight excluding hydrogens is 266 g/mol. The zero-order valence-corrected chi connectivity index (χ0v) is 13.7. The van der Waals surface area contributed by atoms with E-state index in [1.54, 1.807) is 20.8 Å². The predicted molar refractivity (Wildman–Crippen MR) is 81.1 cm³/mol. The van der Waals surface area contributed by atoms with E-state index in [0.29, 0.717) is 12.6 Å². The molecule has 1 fully saturated rings. The molecule has 3 nitrogen and oxygen atoms in total. The van der Waals surface area contributed by atoms with Crippen LogP contribution in [0.4, 0.5) is 0 Å². The van der Waals surface area contributed by atoms with E-state index in [9.17, 15) is 8.42 Å². The highest BCUT2D eigenvalue weighted by Gasteiger charge is 2.29. The van der Waals surface area contributed by atoms with Gasteiger partial charge in [0.25, 0.3) is 0 Å². The first-order chi connectivity index (χ1) is 8.26. The van der Waals surface area contributed by atoms with Crippen LogP contribution in [0.25, 0.3) is 0 Å². The Morgan fingerprint density at radius 2 is 1.94 bits per heavy atom. The molecule has 108 valence electrons. The molecule has 5 heteroatoms. The summed E-state index contributed by atoms with van der Waals surface area (Å²) in [5.41, 5.74) is 0. The minimum Gasteiger partial charge on any atom is -0.313 e. The van der Waals surface area contributed by atoms with Crippen LogP contribution in [0, 0.1) is 0 Å². The molecule has 0 aliphatic heterocycles. The molecule has 1 saturated carbocycles. The van der Waals surface area contributed by atoms with Gasteiger partial charge in [-0.15, -0.1) is 0 Å². The van der Waals surface area contributed by atoms with Crippen LogP contribution in [0.15, 0.2) is 0 Å². The molecule has 0 heterocycles. The van der Waals surface area contributed by atoms with Gasteiger partial charge >= 0.3 is 0 Å². The molecule has 1 aliphatic carbocycles.